The van der Waals surface area contributed by atoms with Gasteiger partial charge in [0.15, 0.2) is 6.10 Å². The van der Waals surface area contributed by atoms with Crippen LogP contribution in [0.1, 0.15) is 31.9 Å². The Bertz CT molecular complexity index is 861. The number of amides is 2. The molecule has 2 rings (SSSR count). The normalized spacial score (nSPS) is 12.6. The molecule has 2 N–H and O–H groups in total. The summed E-state index contributed by atoms with van der Waals surface area (Å²) in [5.74, 6) is -2.10. The van der Waals surface area contributed by atoms with E-state index in [0.29, 0.717) is 0 Å². The fourth-order valence-electron chi connectivity index (χ4n) is 2.47. The number of ether oxygens (including phenoxy) is 1. The van der Waals surface area contributed by atoms with Gasteiger partial charge in [-0.25, -0.2) is 4.39 Å². The summed E-state index contributed by atoms with van der Waals surface area (Å²) in [6, 6.07) is 11.9. The molecule has 0 unspecified atom stereocenters. The number of hydrogen-bond donors (Lipinski definition) is 2. The zero-order valence-corrected chi connectivity index (χ0v) is 16.1. The van der Waals surface area contributed by atoms with E-state index in [-0.39, 0.29) is 23.0 Å². The van der Waals surface area contributed by atoms with Gasteiger partial charge in [0.2, 0.25) is 5.91 Å². The minimum atomic E-state index is -1.11. The summed E-state index contributed by atoms with van der Waals surface area (Å²) in [6.45, 7) is 2.75. The van der Waals surface area contributed by atoms with Crippen LogP contribution < -0.4 is 10.6 Å². The predicted octanol–water partition coefficient (Wildman–Crippen LogP) is 3.62. The van der Waals surface area contributed by atoms with Crippen molar-refractivity contribution in [2.75, 3.05) is 5.32 Å². The van der Waals surface area contributed by atoms with E-state index in [1.807, 2.05) is 6.07 Å². The molecule has 148 valence electrons. The SMILES string of the molecule is CC(=O)N[C@@H](CC(=O)O[C@H](C)C(=O)Nc1ccc(F)cc1Cl)c1ccccc1. The molecule has 0 aromatic heterocycles. The van der Waals surface area contributed by atoms with Crippen LogP contribution in [0.25, 0.3) is 0 Å². The first kappa shape index (κ1) is 21.4. The topological polar surface area (TPSA) is 84.5 Å². The average molecular weight is 407 g/mol. The molecule has 0 aliphatic heterocycles. The molecule has 0 saturated heterocycles. The van der Waals surface area contributed by atoms with Crippen molar-refractivity contribution in [2.45, 2.75) is 32.4 Å². The van der Waals surface area contributed by atoms with Gasteiger partial charge in [-0.3, -0.25) is 14.4 Å². The maximum Gasteiger partial charge on any atom is 0.309 e. The van der Waals surface area contributed by atoms with E-state index in [1.54, 1.807) is 24.3 Å². The molecule has 2 aromatic rings. The maximum absolute atomic E-state index is 13.1. The van der Waals surface area contributed by atoms with Crippen molar-refractivity contribution in [2.24, 2.45) is 0 Å². The van der Waals surface area contributed by atoms with Crippen LogP contribution in [0.3, 0.4) is 0 Å². The third-order valence-electron chi connectivity index (χ3n) is 3.82. The molecular weight excluding hydrogens is 387 g/mol. The van der Waals surface area contributed by atoms with Gasteiger partial charge in [0, 0.05) is 6.92 Å². The lowest BCUT2D eigenvalue weighted by atomic mass is 10.0. The lowest BCUT2D eigenvalue weighted by molar-refractivity contribution is -0.153. The molecule has 8 heteroatoms. The molecule has 28 heavy (non-hydrogen) atoms. The van der Waals surface area contributed by atoms with E-state index < -0.39 is 29.8 Å². The van der Waals surface area contributed by atoms with Crippen molar-refractivity contribution >= 4 is 35.1 Å². The first-order valence-corrected chi connectivity index (χ1v) is 8.91. The van der Waals surface area contributed by atoms with Gasteiger partial charge < -0.3 is 15.4 Å². The number of carbonyl (C=O) groups is 3. The van der Waals surface area contributed by atoms with E-state index in [4.69, 9.17) is 16.3 Å². The van der Waals surface area contributed by atoms with Gasteiger partial charge in [0.1, 0.15) is 5.82 Å². The molecule has 0 aliphatic rings. The number of nitrogens with one attached hydrogen (secondary N) is 2. The quantitative estimate of drug-likeness (QED) is 0.688. The van der Waals surface area contributed by atoms with E-state index in [1.165, 1.54) is 19.9 Å². The van der Waals surface area contributed by atoms with Crippen LogP contribution in [0.15, 0.2) is 48.5 Å². The Morgan fingerprint density at radius 3 is 2.43 bits per heavy atom. The smallest absolute Gasteiger partial charge is 0.309 e. The van der Waals surface area contributed by atoms with Gasteiger partial charge in [-0.15, -0.1) is 0 Å². The number of carbonyl (C=O) groups excluding carboxylic acids is 3. The van der Waals surface area contributed by atoms with Crippen LogP contribution in [0.4, 0.5) is 10.1 Å². The predicted molar refractivity (Wildman–Crippen MR) is 103 cm³/mol. The van der Waals surface area contributed by atoms with Crippen molar-refractivity contribution < 1.29 is 23.5 Å². The van der Waals surface area contributed by atoms with Gasteiger partial charge in [0.25, 0.3) is 5.91 Å². The van der Waals surface area contributed by atoms with Crippen molar-refractivity contribution in [3.63, 3.8) is 0 Å². The molecule has 0 heterocycles. The van der Waals surface area contributed by atoms with Gasteiger partial charge in [0.05, 0.1) is 23.2 Å². The van der Waals surface area contributed by atoms with Gasteiger partial charge in [-0.2, -0.15) is 0 Å². The fraction of sp³-hybridized carbons (Fsp3) is 0.250. The van der Waals surface area contributed by atoms with Crippen molar-refractivity contribution in [3.8, 4) is 0 Å². The van der Waals surface area contributed by atoms with Crippen LogP contribution in [0.5, 0.6) is 0 Å². The first-order valence-electron chi connectivity index (χ1n) is 8.53. The van der Waals surface area contributed by atoms with E-state index in [0.717, 1.165) is 17.7 Å². The third kappa shape index (κ3) is 6.35. The first-order chi connectivity index (χ1) is 13.3. The highest BCUT2D eigenvalue weighted by Crippen LogP contribution is 2.23. The van der Waals surface area contributed by atoms with Crippen LogP contribution in [0.2, 0.25) is 5.02 Å². The second kappa shape index (κ2) is 9.85. The Balaban J connectivity index is 1.97. The summed E-state index contributed by atoms with van der Waals surface area (Å²) in [5, 5.41) is 5.19. The highest BCUT2D eigenvalue weighted by Gasteiger charge is 2.23. The Morgan fingerprint density at radius 2 is 1.82 bits per heavy atom. The van der Waals surface area contributed by atoms with Crippen LogP contribution in [-0.4, -0.2) is 23.9 Å². The molecule has 0 radical (unpaired) electrons. The number of halogens is 2. The van der Waals surface area contributed by atoms with Gasteiger partial charge in [-0.1, -0.05) is 41.9 Å². The van der Waals surface area contributed by atoms with Crippen LogP contribution in [-0.2, 0) is 19.1 Å². The summed E-state index contributed by atoms with van der Waals surface area (Å²) in [6.07, 6.45) is -1.25. The molecule has 0 fully saturated rings. The monoisotopic (exact) mass is 406 g/mol. The van der Waals surface area contributed by atoms with Crippen LogP contribution >= 0.6 is 11.6 Å². The summed E-state index contributed by atoms with van der Waals surface area (Å²) in [5.41, 5.74) is 0.946. The minimum Gasteiger partial charge on any atom is -0.452 e. The number of anilines is 1. The van der Waals surface area contributed by atoms with Crippen molar-refractivity contribution in [3.05, 3.63) is 64.9 Å². The second-order valence-corrected chi connectivity index (χ2v) is 6.52. The van der Waals surface area contributed by atoms with Gasteiger partial charge in [-0.05, 0) is 30.7 Å². The standard InChI is InChI=1S/C20H20ClFN2O4/c1-12(20(27)24-17-9-8-15(22)10-16(17)21)28-19(26)11-18(23-13(2)25)14-6-4-3-5-7-14/h3-10,12,18H,11H2,1-2H3,(H,23,25)(H,24,27)/t12-,18+/m1/s1. The number of hydrogen-bond acceptors (Lipinski definition) is 4. The zero-order chi connectivity index (χ0) is 20.7. The Kier molecular flexibility index (Phi) is 7.52. The Morgan fingerprint density at radius 1 is 1.14 bits per heavy atom. The highest BCUT2D eigenvalue weighted by molar-refractivity contribution is 6.33. The Labute approximate surface area is 167 Å². The fourth-order valence-corrected chi connectivity index (χ4v) is 2.69. The largest absolute Gasteiger partial charge is 0.452 e. The average Bonchev–Trinajstić information content (AvgIpc) is 2.63. The van der Waals surface area contributed by atoms with Crippen molar-refractivity contribution in [1.82, 2.24) is 5.32 Å². The van der Waals surface area contributed by atoms with Crippen molar-refractivity contribution in [1.29, 1.82) is 0 Å². The molecular formula is C20H20ClFN2O4. The van der Waals surface area contributed by atoms with E-state index in [9.17, 15) is 18.8 Å². The molecule has 6 nitrogen and oxygen atoms in total. The molecule has 2 atom stereocenters. The number of rotatable bonds is 7. The number of benzene rings is 2. The third-order valence-corrected chi connectivity index (χ3v) is 4.13. The minimum absolute atomic E-state index is 0.0293. The lowest BCUT2D eigenvalue weighted by Gasteiger charge is -2.19. The lowest BCUT2D eigenvalue weighted by Crippen LogP contribution is -2.33. The maximum atomic E-state index is 13.1. The summed E-state index contributed by atoms with van der Waals surface area (Å²) < 4.78 is 18.2. The second-order valence-electron chi connectivity index (χ2n) is 6.11. The van der Waals surface area contributed by atoms with Crippen LogP contribution in [0, 0.1) is 5.82 Å². The molecule has 2 amide bonds. The van der Waals surface area contributed by atoms with E-state index >= 15 is 0 Å². The van der Waals surface area contributed by atoms with Gasteiger partial charge >= 0.3 is 5.97 Å². The summed E-state index contributed by atoms with van der Waals surface area (Å²) >= 11 is 5.87. The molecule has 0 aliphatic carbocycles. The summed E-state index contributed by atoms with van der Waals surface area (Å²) in [7, 11) is 0. The molecule has 2 aromatic carbocycles. The summed E-state index contributed by atoms with van der Waals surface area (Å²) in [4.78, 5) is 35.9. The number of esters is 1. The molecule has 0 saturated carbocycles. The Hall–Kier alpha value is -2.93. The van der Waals surface area contributed by atoms with E-state index in [2.05, 4.69) is 10.6 Å². The molecule has 0 spiro atoms. The highest BCUT2D eigenvalue weighted by atomic mass is 35.5. The molecule has 0 bridgehead atoms. The zero-order valence-electron chi connectivity index (χ0n) is 15.4.